The van der Waals surface area contributed by atoms with Crippen molar-refractivity contribution >= 4 is 0 Å². The van der Waals surface area contributed by atoms with Gasteiger partial charge in [0.2, 0.25) is 0 Å². The number of nitrogens with two attached hydrogens (primary N) is 1. The smallest absolute Gasteiger partial charge is 0.0304 e. The summed E-state index contributed by atoms with van der Waals surface area (Å²) in [5.41, 5.74) is 6.22. The predicted octanol–water partition coefficient (Wildman–Crippen LogP) is 3.09. The van der Waals surface area contributed by atoms with Gasteiger partial charge < -0.3 is 11.1 Å². The maximum absolute atomic E-state index is 6.02. The molecule has 3 N–H and O–H groups in total. The Labute approximate surface area is 107 Å². The number of hydrogen-bond donors (Lipinski definition) is 2. The summed E-state index contributed by atoms with van der Waals surface area (Å²) in [6.45, 7) is 10.3. The molecule has 2 nitrogen and oxygen atoms in total. The van der Waals surface area contributed by atoms with Crippen molar-refractivity contribution in [3.63, 3.8) is 0 Å². The third-order valence-corrected chi connectivity index (χ3v) is 4.41. The standard InChI is InChI=1S/C15H30N2/c1-4-5-11-17-15(12-16)9-6-7-14(8-10-15)13(2)3/h4,13-14,17H,1,5-12,16H2,2-3H3. The lowest BCUT2D eigenvalue weighted by molar-refractivity contribution is 0.281. The quantitative estimate of drug-likeness (QED) is 0.424. The van der Waals surface area contributed by atoms with Gasteiger partial charge >= 0.3 is 0 Å². The zero-order valence-electron chi connectivity index (χ0n) is 11.7. The molecule has 2 heteroatoms. The van der Waals surface area contributed by atoms with Crippen molar-refractivity contribution < 1.29 is 0 Å². The van der Waals surface area contributed by atoms with Crippen molar-refractivity contribution in [2.75, 3.05) is 13.1 Å². The summed E-state index contributed by atoms with van der Waals surface area (Å²) in [7, 11) is 0. The summed E-state index contributed by atoms with van der Waals surface area (Å²) in [4.78, 5) is 0. The van der Waals surface area contributed by atoms with Crippen molar-refractivity contribution in [3.8, 4) is 0 Å². The van der Waals surface area contributed by atoms with E-state index in [-0.39, 0.29) is 5.54 Å². The van der Waals surface area contributed by atoms with Crippen LogP contribution in [-0.4, -0.2) is 18.6 Å². The van der Waals surface area contributed by atoms with Gasteiger partial charge in [0.25, 0.3) is 0 Å². The minimum Gasteiger partial charge on any atom is -0.329 e. The molecule has 1 fully saturated rings. The van der Waals surface area contributed by atoms with E-state index < -0.39 is 0 Å². The molecule has 0 aliphatic heterocycles. The molecule has 0 saturated heterocycles. The second kappa shape index (κ2) is 7.17. The first-order chi connectivity index (χ1) is 8.13. The molecule has 100 valence electrons. The summed E-state index contributed by atoms with van der Waals surface area (Å²) in [5, 5.41) is 3.69. The van der Waals surface area contributed by atoms with E-state index in [4.69, 9.17) is 5.73 Å². The van der Waals surface area contributed by atoms with Gasteiger partial charge in [-0.15, -0.1) is 6.58 Å². The number of rotatable bonds is 6. The van der Waals surface area contributed by atoms with Crippen molar-refractivity contribution in [2.24, 2.45) is 17.6 Å². The van der Waals surface area contributed by atoms with Gasteiger partial charge in [0.15, 0.2) is 0 Å². The molecule has 1 rings (SSSR count). The van der Waals surface area contributed by atoms with Crippen LogP contribution in [0.2, 0.25) is 0 Å². The maximum Gasteiger partial charge on any atom is 0.0304 e. The largest absolute Gasteiger partial charge is 0.329 e. The first-order valence-electron chi connectivity index (χ1n) is 7.19. The van der Waals surface area contributed by atoms with Crippen LogP contribution in [0.3, 0.4) is 0 Å². The average Bonchev–Trinajstić information content (AvgIpc) is 2.53. The lowest BCUT2D eigenvalue weighted by Gasteiger charge is -2.33. The molecular weight excluding hydrogens is 208 g/mol. The molecule has 1 saturated carbocycles. The molecule has 0 amide bonds. The molecule has 0 spiro atoms. The topological polar surface area (TPSA) is 38.0 Å². The van der Waals surface area contributed by atoms with Gasteiger partial charge in [0, 0.05) is 12.1 Å². The Balaban J connectivity index is 2.51. The molecule has 0 bridgehead atoms. The van der Waals surface area contributed by atoms with E-state index in [2.05, 4.69) is 25.7 Å². The van der Waals surface area contributed by atoms with Crippen LogP contribution in [0.1, 0.15) is 52.4 Å². The molecule has 2 unspecified atom stereocenters. The molecule has 17 heavy (non-hydrogen) atoms. The van der Waals surface area contributed by atoms with Crippen molar-refractivity contribution in [3.05, 3.63) is 12.7 Å². The summed E-state index contributed by atoms with van der Waals surface area (Å²) in [5.74, 6) is 1.71. The van der Waals surface area contributed by atoms with Crippen LogP contribution in [0.15, 0.2) is 12.7 Å². The summed E-state index contributed by atoms with van der Waals surface area (Å²) in [6, 6.07) is 0. The van der Waals surface area contributed by atoms with Crippen LogP contribution in [0.25, 0.3) is 0 Å². The van der Waals surface area contributed by atoms with Crippen molar-refractivity contribution in [1.29, 1.82) is 0 Å². The van der Waals surface area contributed by atoms with Gasteiger partial charge in [0.1, 0.15) is 0 Å². The summed E-state index contributed by atoms with van der Waals surface area (Å²) in [6.07, 6.45) is 9.52. The zero-order valence-corrected chi connectivity index (χ0v) is 11.7. The third-order valence-electron chi connectivity index (χ3n) is 4.41. The number of hydrogen-bond acceptors (Lipinski definition) is 2. The van der Waals surface area contributed by atoms with E-state index in [0.29, 0.717) is 0 Å². The minimum absolute atomic E-state index is 0.201. The van der Waals surface area contributed by atoms with Crippen LogP contribution >= 0.6 is 0 Å². The first kappa shape index (κ1) is 14.7. The molecular formula is C15H30N2. The monoisotopic (exact) mass is 238 g/mol. The van der Waals surface area contributed by atoms with E-state index in [9.17, 15) is 0 Å². The van der Waals surface area contributed by atoms with Crippen LogP contribution in [0.4, 0.5) is 0 Å². The summed E-state index contributed by atoms with van der Waals surface area (Å²) >= 11 is 0. The van der Waals surface area contributed by atoms with Gasteiger partial charge in [-0.1, -0.05) is 32.8 Å². The second-order valence-electron chi connectivity index (χ2n) is 5.92. The Morgan fingerprint density at radius 3 is 2.76 bits per heavy atom. The molecule has 0 aromatic rings. The van der Waals surface area contributed by atoms with Crippen molar-refractivity contribution in [2.45, 2.75) is 57.9 Å². The number of nitrogens with one attached hydrogen (secondary N) is 1. The Hall–Kier alpha value is -0.340. The fourth-order valence-electron chi connectivity index (χ4n) is 2.99. The Bertz CT molecular complexity index is 225. The van der Waals surface area contributed by atoms with Crippen LogP contribution in [0.5, 0.6) is 0 Å². The highest BCUT2D eigenvalue weighted by Gasteiger charge is 2.31. The average molecular weight is 238 g/mol. The van der Waals surface area contributed by atoms with E-state index in [1.165, 1.54) is 32.1 Å². The lowest BCUT2D eigenvalue weighted by Crippen LogP contribution is -2.51. The van der Waals surface area contributed by atoms with Gasteiger partial charge in [0.05, 0.1) is 0 Å². The molecule has 0 aromatic carbocycles. The molecule has 2 atom stereocenters. The highest BCUT2D eigenvalue weighted by Crippen LogP contribution is 2.33. The highest BCUT2D eigenvalue weighted by atomic mass is 15.0. The Morgan fingerprint density at radius 2 is 2.18 bits per heavy atom. The highest BCUT2D eigenvalue weighted by molar-refractivity contribution is 4.92. The van der Waals surface area contributed by atoms with Gasteiger partial charge in [-0.05, 0) is 44.1 Å². The SMILES string of the molecule is C=CCCNC1(CN)CCCC(C(C)C)CC1. The van der Waals surface area contributed by atoms with Crippen LogP contribution < -0.4 is 11.1 Å². The molecule has 0 aromatic heterocycles. The third kappa shape index (κ3) is 4.44. The van der Waals surface area contributed by atoms with Crippen LogP contribution in [0, 0.1) is 11.8 Å². The normalized spacial score (nSPS) is 30.2. The molecule has 1 aliphatic carbocycles. The minimum atomic E-state index is 0.201. The van der Waals surface area contributed by atoms with Gasteiger partial charge in [-0.25, -0.2) is 0 Å². The fraction of sp³-hybridized carbons (Fsp3) is 0.867. The second-order valence-corrected chi connectivity index (χ2v) is 5.92. The zero-order chi connectivity index (χ0) is 12.7. The molecule has 0 heterocycles. The molecule has 1 aliphatic rings. The van der Waals surface area contributed by atoms with Crippen molar-refractivity contribution in [1.82, 2.24) is 5.32 Å². The summed E-state index contributed by atoms with van der Waals surface area (Å²) < 4.78 is 0. The van der Waals surface area contributed by atoms with Crippen LogP contribution in [-0.2, 0) is 0 Å². The van der Waals surface area contributed by atoms with E-state index in [1.54, 1.807) is 0 Å². The van der Waals surface area contributed by atoms with E-state index in [1.807, 2.05) is 6.08 Å². The predicted molar refractivity (Wildman–Crippen MR) is 76.0 cm³/mol. The molecule has 0 radical (unpaired) electrons. The maximum atomic E-state index is 6.02. The fourth-order valence-corrected chi connectivity index (χ4v) is 2.99. The first-order valence-corrected chi connectivity index (χ1v) is 7.19. The van der Waals surface area contributed by atoms with Gasteiger partial charge in [-0.3, -0.25) is 0 Å². The Kier molecular flexibility index (Phi) is 6.21. The van der Waals surface area contributed by atoms with Gasteiger partial charge in [-0.2, -0.15) is 0 Å². The Morgan fingerprint density at radius 1 is 1.41 bits per heavy atom. The van der Waals surface area contributed by atoms with E-state index in [0.717, 1.165) is 31.3 Å². The van der Waals surface area contributed by atoms with E-state index >= 15 is 0 Å². The lowest BCUT2D eigenvalue weighted by atomic mass is 9.86.